The Balaban J connectivity index is 1.17. The van der Waals surface area contributed by atoms with Gasteiger partial charge in [0.05, 0.1) is 27.6 Å². The summed E-state index contributed by atoms with van der Waals surface area (Å²) >= 11 is 3.06. The minimum absolute atomic E-state index is 0.350. The van der Waals surface area contributed by atoms with Crippen molar-refractivity contribution in [1.82, 2.24) is 25.1 Å². The minimum Gasteiger partial charge on any atom is -0.368 e. The first-order valence-electron chi connectivity index (χ1n) is 9.13. The molecule has 0 fully saturated rings. The Bertz CT molecular complexity index is 1320. The molecule has 0 atom stereocenters. The highest BCUT2D eigenvalue weighted by atomic mass is 32.1. The van der Waals surface area contributed by atoms with Crippen molar-refractivity contribution in [2.24, 2.45) is 0 Å². The molecule has 4 aromatic heterocycles. The van der Waals surface area contributed by atoms with Crippen molar-refractivity contribution in [2.45, 2.75) is 6.42 Å². The highest BCUT2D eigenvalue weighted by Gasteiger charge is 2.10. The first kappa shape index (κ1) is 18.5. The largest absolute Gasteiger partial charge is 0.368 e. The van der Waals surface area contributed by atoms with Gasteiger partial charge in [-0.25, -0.2) is 19.7 Å². The molecule has 0 bridgehead atoms. The fraction of sp³-hybridized carbons (Fsp3) is 0.105. The van der Waals surface area contributed by atoms with Crippen molar-refractivity contribution >= 4 is 66.5 Å². The molecule has 0 aliphatic heterocycles. The number of urea groups is 1. The summed E-state index contributed by atoms with van der Waals surface area (Å²) in [5.41, 5.74) is 2.38. The second-order valence-corrected chi connectivity index (χ2v) is 8.42. The molecule has 0 unspecified atom stereocenters. The summed E-state index contributed by atoms with van der Waals surface area (Å²) < 4.78 is 1.05. The zero-order valence-corrected chi connectivity index (χ0v) is 17.2. The van der Waals surface area contributed by atoms with Gasteiger partial charge in [-0.15, -0.1) is 22.7 Å². The second kappa shape index (κ2) is 8.05. The van der Waals surface area contributed by atoms with Gasteiger partial charge in [-0.3, -0.25) is 10.4 Å². The molecule has 4 heterocycles. The summed E-state index contributed by atoms with van der Waals surface area (Å²) in [7, 11) is 0. The lowest BCUT2D eigenvalue weighted by Gasteiger charge is -2.06. The SMILES string of the molecule is O=C(Nc1ncc(CCNc2ncnc3ccsc23)s1)Nc1cccc2cn[nH]c12. The molecule has 0 aliphatic carbocycles. The fourth-order valence-corrected chi connectivity index (χ4v) is 4.64. The van der Waals surface area contributed by atoms with Crippen LogP contribution in [0, 0.1) is 0 Å². The standard InChI is InChI=1S/C19H16N8OS2/c28-18(25-13-3-1-2-11-8-24-27-15(11)13)26-19-21-9-12(30-19)4-6-20-17-16-14(5-7-29-16)22-10-23-17/h1-3,5,7-10H,4,6H2,(H,24,27)(H,20,22,23)(H2,21,25,26,28). The fourth-order valence-electron chi connectivity index (χ4n) is 3.02. The van der Waals surface area contributed by atoms with Gasteiger partial charge in [0.25, 0.3) is 0 Å². The van der Waals surface area contributed by atoms with Gasteiger partial charge < -0.3 is 10.6 Å². The van der Waals surface area contributed by atoms with Crippen LogP contribution in [0.2, 0.25) is 0 Å². The van der Waals surface area contributed by atoms with Gasteiger partial charge in [0, 0.05) is 29.4 Å². The van der Waals surface area contributed by atoms with Crippen LogP contribution in [0.25, 0.3) is 21.1 Å². The summed E-state index contributed by atoms with van der Waals surface area (Å²) in [5.74, 6) is 0.838. The minimum atomic E-state index is -0.350. The van der Waals surface area contributed by atoms with E-state index in [1.54, 1.807) is 30.1 Å². The molecular weight excluding hydrogens is 420 g/mol. The lowest BCUT2D eigenvalue weighted by molar-refractivity contribution is 0.262. The molecule has 0 radical (unpaired) electrons. The highest BCUT2D eigenvalue weighted by molar-refractivity contribution is 7.17. The molecule has 1 aromatic carbocycles. The van der Waals surface area contributed by atoms with Gasteiger partial charge in [0.1, 0.15) is 12.1 Å². The zero-order valence-electron chi connectivity index (χ0n) is 15.5. The zero-order chi connectivity index (χ0) is 20.3. The molecule has 0 saturated carbocycles. The van der Waals surface area contributed by atoms with E-state index in [4.69, 9.17) is 0 Å². The Morgan fingerprint density at radius 1 is 1.10 bits per heavy atom. The quantitative estimate of drug-likeness (QED) is 0.315. The molecule has 5 aromatic rings. The molecule has 30 heavy (non-hydrogen) atoms. The van der Waals surface area contributed by atoms with Crippen molar-refractivity contribution in [3.8, 4) is 0 Å². The number of amides is 2. The average molecular weight is 437 g/mol. The molecule has 150 valence electrons. The van der Waals surface area contributed by atoms with Crippen LogP contribution in [0.4, 0.5) is 21.4 Å². The van der Waals surface area contributed by atoms with Crippen molar-refractivity contribution in [3.63, 3.8) is 0 Å². The number of nitrogens with one attached hydrogen (secondary N) is 4. The topological polar surface area (TPSA) is 121 Å². The van der Waals surface area contributed by atoms with Crippen molar-refractivity contribution < 1.29 is 4.79 Å². The third kappa shape index (κ3) is 3.80. The number of fused-ring (bicyclic) bond motifs is 2. The number of para-hydroxylation sites is 1. The maximum absolute atomic E-state index is 12.3. The van der Waals surface area contributed by atoms with Gasteiger partial charge in [0.2, 0.25) is 0 Å². The van der Waals surface area contributed by atoms with E-state index in [2.05, 4.69) is 41.1 Å². The Morgan fingerprint density at radius 2 is 2.07 bits per heavy atom. The Kier molecular flexibility index (Phi) is 4.95. The first-order valence-corrected chi connectivity index (χ1v) is 10.8. The maximum atomic E-state index is 12.3. The van der Waals surface area contributed by atoms with Crippen LogP contribution >= 0.6 is 22.7 Å². The molecule has 0 aliphatic rings. The highest BCUT2D eigenvalue weighted by Crippen LogP contribution is 2.25. The number of hydrogen-bond acceptors (Lipinski definition) is 8. The normalized spacial score (nSPS) is 11.1. The van der Waals surface area contributed by atoms with Gasteiger partial charge in [-0.2, -0.15) is 5.10 Å². The summed E-state index contributed by atoms with van der Waals surface area (Å²) in [4.78, 5) is 26.3. The van der Waals surface area contributed by atoms with E-state index in [1.807, 2.05) is 29.6 Å². The number of aromatic nitrogens is 5. The number of hydrogen-bond donors (Lipinski definition) is 4. The summed E-state index contributed by atoms with van der Waals surface area (Å²) in [5, 5.41) is 19.3. The van der Waals surface area contributed by atoms with Crippen LogP contribution < -0.4 is 16.0 Å². The number of H-pyrrole nitrogens is 1. The molecule has 4 N–H and O–H groups in total. The van der Waals surface area contributed by atoms with Crippen LogP contribution in [-0.2, 0) is 6.42 Å². The van der Waals surface area contributed by atoms with E-state index in [0.29, 0.717) is 17.4 Å². The number of carbonyl (C=O) groups excluding carboxylic acids is 1. The molecular formula is C19H16N8OS2. The van der Waals surface area contributed by atoms with Crippen molar-refractivity contribution in [3.05, 3.63) is 53.2 Å². The third-order valence-corrected chi connectivity index (χ3v) is 6.29. The molecule has 5 rings (SSSR count). The number of nitrogens with zero attached hydrogens (tertiary/aromatic N) is 4. The Morgan fingerprint density at radius 3 is 3.03 bits per heavy atom. The van der Waals surface area contributed by atoms with Crippen LogP contribution in [0.3, 0.4) is 0 Å². The molecule has 11 heteroatoms. The molecule has 9 nitrogen and oxygen atoms in total. The van der Waals surface area contributed by atoms with Crippen LogP contribution in [0.1, 0.15) is 4.88 Å². The second-order valence-electron chi connectivity index (χ2n) is 6.38. The number of aromatic amines is 1. The van der Waals surface area contributed by atoms with E-state index >= 15 is 0 Å². The number of benzene rings is 1. The lowest BCUT2D eigenvalue weighted by Crippen LogP contribution is -2.19. The maximum Gasteiger partial charge on any atom is 0.325 e. The average Bonchev–Trinajstić information content (AvgIpc) is 3.49. The number of carbonyl (C=O) groups is 1. The number of rotatable bonds is 6. The monoisotopic (exact) mass is 436 g/mol. The van der Waals surface area contributed by atoms with E-state index in [9.17, 15) is 4.79 Å². The predicted molar refractivity (Wildman–Crippen MR) is 120 cm³/mol. The number of thiophene rings is 1. The summed E-state index contributed by atoms with van der Waals surface area (Å²) in [6.07, 6.45) is 5.82. The summed E-state index contributed by atoms with van der Waals surface area (Å²) in [6, 6.07) is 7.23. The Labute approximate surface area is 178 Å². The third-order valence-electron chi connectivity index (χ3n) is 4.41. The molecule has 0 spiro atoms. The van der Waals surface area contributed by atoms with Crippen LogP contribution in [-0.4, -0.2) is 37.7 Å². The van der Waals surface area contributed by atoms with Gasteiger partial charge in [0.15, 0.2) is 5.13 Å². The van der Waals surface area contributed by atoms with E-state index in [-0.39, 0.29) is 6.03 Å². The van der Waals surface area contributed by atoms with Gasteiger partial charge in [-0.05, 0) is 17.5 Å². The summed E-state index contributed by atoms with van der Waals surface area (Å²) in [6.45, 7) is 0.708. The van der Waals surface area contributed by atoms with Crippen LogP contribution in [0.5, 0.6) is 0 Å². The van der Waals surface area contributed by atoms with Crippen LogP contribution in [0.15, 0.2) is 48.4 Å². The van der Waals surface area contributed by atoms with E-state index in [0.717, 1.165) is 38.2 Å². The molecule has 2 amide bonds. The number of anilines is 3. The van der Waals surface area contributed by atoms with E-state index < -0.39 is 0 Å². The van der Waals surface area contributed by atoms with Gasteiger partial charge >= 0.3 is 6.03 Å². The van der Waals surface area contributed by atoms with E-state index in [1.165, 1.54) is 11.3 Å². The number of thiazole rings is 1. The first-order chi connectivity index (χ1) is 14.8. The van der Waals surface area contributed by atoms with Gasteiger partial charge in [-0.1, -0.05) is 12.1 Å². The van der Waals surface area contributed by atoms with Crippen molar-refractivity contribution in [2.75, 3.05) is 22.5 Å². The lowest BCUT2D eigenvalue weighted by atomic mass is 10.2. The van der Waals surface area contributed by atoms with Crippen molar-refractivity contribution in [1.29, 1.82) is 0 Å². The molecule has 0 saturated heterocycles. The predicted octanol–water partition coefficient (Wildman–Crippen LogP) is 4.32. The Hall–Kier alpha value is -3.57. The smallest absolute Gasteiger partial charge is 0.325 e.